The Bertz CT molecular complexity index is 1660. The van der Waals surface area contributed by atoms with E-state index in [0.717, 1.165) is 36.9 Å². The standard InChI is InChI=1S/C24H24ClFN4O6S3/c1-38(33,34)27-8-14-10-37-23-21(14)39(35,36)29-22(28-23)18-20(31)17-12-3-4-13(7-12)19(17)30(24(18)32)9-11-2-5-16(26)15(25)6-11/h2,5-6,10,12-13,17-19,27H,3-4,7-9H2,1H3,(H,28,29). The van der Waals surface area contributed by atoms with Gasteiger partial charge >= 0.3 is 0 Å². The lowest BCUT2D eigenvalue weighted by Crippen LogP contribution is -2.61. The van der Waals surface area contributed by atoms with Crippen LogP contribution in [0.1, 0.15) is 30.4 Å². The lowest BCUT2D eigenvalue weighted by atomic mass is 9.73. The lowest BCUT2D eigenvalue weighted by Gasteiger charge is -2.45. The van der Waals surface area contributed by atoms with Crippen LogP contribution in [0, 0.1) is 29.5 Å². The molecule has 1 aromatic carbocycles. The predicted octanol–water partition coefficient (Wildman–Crippen LogP) is 2.74. The summed E-state index contributed by atoms with van der Waals surface area (Å²) in [5.74, 6) is -3.39. The Kier molecular flexibility index (Phi) is 6.42. The maximum atomic E-state index is 14.0. The average Bonchev–Trinajstić information content (AvgIpc) is 3.57. The number of carbonyl (C=O) groups is 2. The van der Waals surface area contributed by atoms with Crippen molar-refractivity contribution < 1.29 is 30.8 Å². The summed E-state index contributed by atoms with van der Waals surface area (Å²) in [6.07, 6.45) is 3.53. The van der Waals surface area contributed by atoms with Crippen molar-refractivity contribution in [2.75, 3.05) is 11.6 Å². The van der Waals surface area contributed by atoms with E-state index in [9.17, 15) is 30.8 Å². The number of carbonyl (C=O) groups excluding carboxylic acids is 2. The first-order valence-electron chi connectivity index (χ1n) is 12.3. The molecule has 39 heavy (non-hydrogen) atoms. The number of halogens is 2. The highest BCUT2D eigenvalue weighted by Crippen LogP contribution is 2.54. The molecule has 3 fully saturated rings. The molecule has 5 atom stereocenters. The monoisotopic (exact) mass is 614 g/mol. The Labute approximate surface area is 233 Å². The minimum atomic E-state index is -4.34. The summed E-state index contributed by atoms with van der Waals surface area (Å²) in [5, 5.41) is 4.48. The molecule has 0 radical (unpaired) electrons. The number of anilines is 1. The van der Waals surface area contributed by atoms with Crippen LogP contribution in [-0.2, 0) is 42.7 Å². The van der Waals surface area contributed by atoms with Crippen molar-refractivity contribution >= 4 is 65.5 Å². The van der Waals surface area contributed by atoms with Crippen LogP contribution in [0.15, 0.2) is 32.9 Å². The molecule has 3 heterocycles. The first kappa shape index (κ1) is 26.8. The smallest absolute Gasteiger partial charge is 0.287 e. The van der Waals surface area contributed by atoms with E-state index in [1.165, 1.54) is 23.6 Å². The maximum absolute atomic E-state index is 14.0. The van der Waals surface area contributed by atoms with Crippen LogP contribution < -0.4 is 10.0 Å². The van der Waals surface area contributed by atoms with E-state index in [-0.39, 0.29) is 63.1 Å². The number of hydrogen-bond donors (Lipinski definition) is 2. The van der Waals surface area contributed by atoms with Crippen molar-refractivity contribution in [2.24, 2.45) is 28.1 Å². The van der Waals surface area contributed by atoms with E-state index in [0.29, 0.717) is 5.56 Å². The van der Waals surface area contributed by atoms with Gasteiger partial charge in [0.05, 0.1) is 11.3 Å². The van der Waals surface area contributed by atoms with Crippen LogP contribution in [0.25, 0.3) is 0 Å². The minimum absolute atomic E-state index is 0.0788. The number of sulfonamides is 2. The highest BCUT2D eigenvalue weighted by Gasteiger charge is 2.60. The molecule has 10 nitrogen and oxygen atoms in total. The largest absolute Gasteiger partial charge is 0.333 e. The van der Waals surface area contributed by atoms with E-state index < -0.39 is 43.6 Å². The van der Waals surface area contributed by atoms with E-state index in [1.54, 1.807) is 4.90 Å². The van der Waals surface area contributed by atoms with E-state index in [1.807, 2.05) is 0 Å². The number of amides is 1. The number of nitrogens with zero attached hydrogens (tertiary/aromatic N) is 2. The molecule has 15 heteroatoms. The van der Waals surface area contributed by atoms with Crippen molar-refractivity contribution in [3.8, 4) is 0 Å². The third-order valence-corrected chi connectivity index (χ3v) is 11.5. The fraction of sp³-hybridized carbons (Fsp3) is 0.458. The molecule has 6 rings (SSSR count). The number of hydrogen-bond acceptors (Lipinski definition) is 8. The molecule has 5 unspecified atom stereocenters. The molecule has 2 aliphatic heterocycles. The minimum Gasteiger partial charge on any atom is -0.333 e. The zero-order valence-electron chi connectivity index (χ0n) is 20.6. The summed E-state index contributed by atoms with van der Waals surface area (Å²) in [7, 11) is -7.92. The zero-order chi connectivity index (χ0) is 27.9. The zero-order valence-corrected chi connectivity index (χ0v) is 23.8. The van der Waals surface area contributed by atoms with Crippen molar-refractivity contribution in [3.63, 3.8) is 0 Å². The van der Waals surface area contributed by atoms with Gasteiger partial charge in [-0.3, -0.25) is 9.59 Å². The number of rotatable bonds is 6. The maximum Gasteiger partial charge on any atom is 0.287 e. The summed E-state index contributed by atoms with van der Waals surface area (Å²) in [6, 6.07) is 3.88. The van der Waals surface area contributed by atoms with Gasteiger partial charge in [0, 0.05) is 30.6 Å². The van der Waals surface area contributed by atoms with E-state index in [2.05, 4.69) is 14.4 Å². The van der Waals surface area contributed by atoms with Crippen LogP contribution >= 0.6 is 22.9 Å². The van der Waals surface area contributed by atoms with Gasteiger partial charge < -0.3 is 10.2 Å². The van der Waals surface area contributed by atoms with Crippen LogP contribution in [0.3, 0.4) is 0 Å². The Morgan fingerprint density at radius 1 is 1.26 bits per heavy atom. The first-order valence-corrected chi connectivity index (χ1v) is 16.9. The van der Waals surface area contributed by atoms with Crippen LogP contribution in [0.5, 0.6) is 0 Å². The summed E-state index contributed by atoms with van der Waals surface area (Å²) in [6.45, 7) is -0.156. The summed E-state index contributed by atoms with van der Waals surface area (Å²) in [5.41, 5.74) is 0.805. The topological polar surface area (TPSA) is 142 Å². The van der Waals surface area contributed by atoms with Crippen molar-refractivity contribution in [2.45, 2.75) is 43.3 Å². The van der Waals surface area contributed by atoms with Gasteiger partial charge in [-0.15, -0.1) is 15.7 Å². The number of piperidine rings is 1. The molecule has 2 aliphatic carbocycles. The average molecular weight is 615 g/mol. The predicted molar refractivity (Wildman–Crippen MR) is 143 cm³/mol. The van der Waals surface area contributed by atoms with E-state index in [4.69, 9.17) is 11.6 Å². The van der Waals surface area contributed by atoms with Gasteiger partial charge in [0.25, 0.3) is 10.0 Å². The fourth-order valence-electron chi connectivity index (χ4n) is 6.53. The first-order chi connectivity index (χ1) is 18.3. The third-order valence-electron chi connectivity index (χ3n) is 8.05. The number of ketones is 1. The van der Waals surface area contributed by atoms with Gasteiger partial charge in [0.1, 0.15) is 21.5 Å². The lowest BCUT2D eigenvalue weighted by molar-refractivity contribution is -0.153. The molecule has 1 saturated heterocycles. The highest BCUT2D eigenvalue weighted by atomic mass is 35.5. The van der Waals surface area contributed by atoms with Gasteiger partial charge in [-0.05, 0) is 54.2 Å². The van der Waals surface area contributed by atoms with Crippen LogP contribution in [0.2, 0.25) is 5.02 Å². The van der Waals surface area contributed by atoms with Gasteiger partial charge in [-0.2, -0.15) is 8.42 Å². The van der Waals surface area contributed by atoms with Gasteiger partial charge in [-0.25, -0.2) is 17.5 Å². The summed E-state index contributed by atoms with van der Waals surface area (Å²) in [4.78, 5) is 29.2. The molecular weight excluding hydrogens is 591 g/mol. The number of nitrogens with one attached hydrogen (secondary N) is 2. The second-order valence-corrected chi connectivity index (χ2v) is 15.1. The molecule has 2 aromatic rings. The number of fused-ring (bicyclic) bond motifs is 6. The van der Waals surface area contributed by atoms with Gasteiger partial charge in [0.15, 0.2) is 11.7 Å². The Morgan fingerprint density at radius 3 is 2.72 bits per heavy atom. The molecule has 1 amide bonds. The second kappa shape index (κ2) is 9.33. The van der Waals surface area contributed by atoms with Crippen LogP contribution in [0.4, 0.5) is 9.39 Å². The quantitative estimate of drug-likeness (QED) is 0.477. The Hall–Kier alpha value is -2.39. The van der Waals surface area contributed by atoms with Gasteiger partial charge in [-0.1, -0.05) is 17.7 Å². The Morgan fingerprint density at radius 2 is 2.00 bits per heavy atom. The highest BCUT2D eigenvalue weighted by molar-refractivity contribution is 7.91. The van der Waals surface area contributed by atoms with Gasteiger partial charge in [0.2, 0.25) is 15.9 Å². The molecule has 1 aromatic heterocycles. The molecule has 4 aliphatic rings. The third kappa shape index (κ3) is 4.59. The number of likely N-dealkylation sites (tertiary alicyclic amines) is 1. The van der Waals surface area contributed by atoms with E-state index >= 15 is 0 Å². The molecule has 2 N–H and O–H groups in total. The molecule has 0 spiro atoms. The van der Waals surface area contributed by atoms with Crippen molar-refractivity contribution in [1.82, 2.24) is 9.62 Å². The summed E-state index contributed by atoms with van der Waals surface area (Å²) < 4.78 is 69.5. The van der Waals surface area contributed by atoms with Crippen LogP contribution in [-0.4, -0.2) is 51.6 Å². The molecule has 208 valence electrons. The molecule has 2 bridgehead atoms. The number of benzene rings is 1. The second-order valence-electron chi connectivity index (χ2n) is 10.5. The Balaban J connectivity index is 1.36. The van der Waals surface area contributed by atoms with Crippen molar-refractivity contribution in [3.05, 3.63) is 45.5 Å². The molecular formula is C24H24ClFN4O6S3. The fourth-order valence-corrected chi connectivity index (χ4v) is 9.80. The normalized spacial score (nSPS) is 29.2. The molecule has 2 saturated carbocycles. The SMILES string of the molecule is CS(=O)(=O)NCc1csc2c1S(=O)(=O)N=C(C1C(=O)C3C4CCC(C4)C3N(Cc3ccc(F)c(Cl)c3)C1=O)N2. The number of Topliss-reactive ketones (excluding diaryl/α,β-unsaturated/α-hetero) is 1. The number of thiophene rings is 1. The number of amidine groups is 1. The summed E-state index contributed by atoms with van der Waals surface area (Å²) >= 11 is 7.00. The van der Waals surface area contributed by atoms with Crippen molar-refractivity contribution in [1.29, 1.82) is 0 Å².